The summed E-state index contributed by atoms with van der Waals surface area (Å²) in [6.45, 7) is 3.52. The van der Waals surface area contributed by atoms with Crippen LogP contribution < -0.4 is 5.32 Å². The highest BCUT2D eigenvalue weighted by Crippen LogP contribution is 2.36. The number of aliphatic hydroxyl groups excluding tert-OH is 1. The van der Waals surface area contributed by atoms with E-state index in [1.807, 2.05) is 4.57 Å². The quantitative estimate of drug-likeness (QED) is 0.848. The summed E-state index contributed by atoms with van der Waals surface area (Å²) in [5.41, 5.74) is 0.477. The molecule has 0 aromatic carbocycles. The number of aliphatic hydroxyl groups is 1. The molecule has 1 aliphatic rings. The number of carbonyl (C=O) groups excluding carboxylic acids is 1. The Labute approximate surface area is 125 Å². The van der Waals surface area contributed by atoms with Crippen molar-refractivity contribution >= 4 is 17.5 Å². The van der Waals surface area contributed by atoms with E-state index in [1.165, 1.54) is 0 Å². The molecule has 1 saturated carbocycles. The van der Waals surface area contributed by atoms with Crippen LogP contribution in [0.25, 0.3) is 0 Å². The van der Waals surface area contributed by atoms with Crippen molar-refractivity contribution in [2.75, 3.05) is 13.2 Å². The Kier molecular flexibility index (Phi) is 5.11. The van der Waals surface area contributed by atoms with E-state index in [-0.39, 0.29) is 17.9 Å². The Hall–Kier alpha value is -1.00. The maximum atomic E-state index is 12.3. The van der Waals surface area contributed by atoms with E-state index >= 15 is 0 Å². The predicted octanol–water partition coefficient (Wildman–Crippen LogP) is 2.83. The number of halogens is 1. The average molecular weight is 299 g/mol. The Morgan fingerprint density at radius 2 is 2.20 bits per heavy atom. The molecular weight excluding hydrogens is 276 g/mol. The minimum absolute atomic E-state index is 0.106. The van der Waals surface area contributed by atoms with Crippen molar-refractivity contribution in [3.05, 3.63) is 23.0 Å². The molecule has 0 bridgehead atoms. The minimum atomic E-state index is -0.123. The van der Waals surface area contributed by atoms with Crippen LogP contribution in [-0.4, -0.2) is 28.7 Å². The third-order valence-electron chi connectivity index (χ3n) is 4.18. The highest BCUT2D eigenvalue weighted by atomic mass is 35.5. The number of aryl methyl sites for hydroxylation is 1. The number of nitrogens with one attached hydrogen (secondary N) is 1. The summed E-state index contributed by atoms with van der Waals surface area (Å²) in [4.78, 5) is 12.3. The van der Waals surface area contributed by atoms with Gasteiger partial charge >= 0.3 is 0 Å². The zero-order chi connectivity index (χ0) is 14.6. The normalized spacial score (nSPS) is 17.4. The van der Waals surface area contributed by atoms with Crippen molar-refractivity contribution < 1.29 is 9.90 Å². The third-order valence-corrected chi connectivity index (χ3v) is 4.39. The highest BCUT2D eigenvalue weighted by Gasteiger charge is 2.33. The van der Waals surface area contributed by atoms with Crippen LogP contribution in [0.1, 0.15) is 49.5 Å². The molecule has 112 valence electrons. The lowest BCUT2D eigenvalue weighted by molar-refractivity contribution is 0.0872. The van der Waals surface area contributed by atoms with Gasteiger partial charge in [-0.2, -0.15) is 0 Å². The predicted molar refractivity (Wildman–Crippen MR) is 80.1 cm³/mol. The number of hydrogen-bond acceptors (Lipinski definition) is 2. The maximum Gasteiger partial charge on any atom is 0.267 e. The first-order chi connectivity index (χ1) is 9.60. The molecule has 0 spiro atoms. The molecule has 1 fully saturated rings. The second kappa shape index (κ2) is 6.64. The van der Waals surface area contributed by atoms with E-state index in [0.29, 0.717) is 17.3 Å². The van der Waals surface area contributed by atoms with Gasteiger partial charge in [0.25, 0.3) is 5.91 Å². The molecule has 0 aliphatic heterocycles. The lowest BCUT2D eigenvalue weighted by atomic mass is 9.87. The Morgan fingerprint density at radius 1 is 1.50 bits per heavy atom. The molecule has 1 aromatic rings. The summed E-state index contributed by atoms with van der Waals surface area (Å²) < 4.78 is 1.89. The van der Waals surface area contributed by atoms with E-state index in [2.05, 4.69) is 12.2 Å². The van der Waals surface area contributed by atoms with Gasteiger partial charge in [-0.1, -0.05) is 31.4 Å². The number of rotatable bonds is 6. The largest absolute Gasteiger partial charge is 0.396 e. The molecule has 1 aromatic heterocycles. The van der Waals surface area contributed by atoms with E-state index in [4.69, 9.17) is 11.6 Å². The first kappa shape index (κ1) is 15.4. The Morgan fingerprint density at radius 3 is 2.80 bits per heavy atom. The van der Waals surface area contributed by atoms with Crippen LogP contribution in [0.2, 0.25) is 5.02 Å². The van der Waals surface area contributed by atoms with Crippen LogP contribution >= 0.6 is 11.6 Å². The Balaban J connectivity index is 2.01. The van der Waals surface area contributed by atoms with Crippen LogP contribution in [0, 0.1) is 5.41 Å². The fourth-order valence-corrected chi connectivity index (χ4v) is 3.19. The molecule has 1 amide bonds. The van der Waals surface area contributed by atoms with Gasteiger partial charge in [-0.25, -0.2) is 0 Å². The second-order valence-corrected chi connectivity index (χ2v) is 6.22. The van der Waals surface area contributed by atoms with Gasteiger partial charge < -0.3 is 15.0 Å². The summed E-state index contributed by atoms with van der Waals surface area (Å²) in [5, 5.41) is 13.1. The van der Waals surface area contributed by atoms with Crippen LogP contribution in [0.15, 0.2) is 12.3 Å². The standard InChI is InChI=1S/C15H23ClN2O2/c1-2-7-18-9-12(16)8-13(18)14(20)17-10-15(11-19)5-3-4-6-15/h8-9,19H,2-7,10-11H2,1H3,(H,17,20). The second-order valence-electron chi connectivity index (χ2n) is 5.78. The van der Waals surface area contributed by atoms with E-state index in [1.54, 1.807) is 12.3 Å². The first-order valence-corrected chi connectivity index (χ1v) is 7.73. The number of amides is 1. The van der Waals surface area contributed by atoms with Gasteiger partial charge in [0.15, 0.2) is 0 Å². The lowest BCUT2D eigenvalue weighted by Crippen LogP contribution is -2.38. The van der Waals surface area contributed by atoms with Crippen molar-refractivity contribution in [3.63, 3.8) is 0 Å². The molecule has 0 unspecified atom stereocenters. The highest BCUT2D eigenvalue weighted by molar-refractivity contribution is 6.31. The number of aromatic nitrogens is 1. The molecule has 2 N–H and O–H groups in total. The van der Waals surface area contributed by atoms with Crippen molar-refractivity contribution in [1.29, 1.82) is 0 Å². The zero-order valence-corrected chi connectivity index (χ0v) is 12.7. The van der Waals surface area contributed by atoms with Gasteiger partial charge in [-0.3, -0.25) is 4.79 Å². The molecule has 0 atom stereocenters. The zero-order valence-electron chi connectivity index (χ0n) is 12.0. The van der Waals surface area contributed by atoms with Gasteiger partial charge in [0.2, 0.25) is 0 Å². The molecule has 2 rings (SSSR count). The topological polar surface area (TPSA) is 54.3 Å². The van der Waals surface area contributed by atoms with Crippen LogP contribution in [-0.2, 0) is 6.54 Å². The maximum absolute atomic E-state index is 12.3. The fraction of sp³-hybridized carbons (Fsp3) is 0.667. The number of carbonyl (C=O) groups is 1. The van der Waals surface area contributed by atoms with E-state index < -0.39 is 0 Å². The number of hydrogen-bond donors (Lipinski definition) is 2. The van der Waals surface area contributed by atoms with Crippen LogP contribution in [0.3, 0.4) is 0 Å². The SMILES string of the molecule is CCCn1cc(Cl)cc1C(=O)NCC1(CO)CCCC1. The summed E-state index contributed by atoms with van der Waals surface area (Å²) >= 11 is 5.99. The molecular formula is C15H23ClN2O2. The smallest absolute Gasteiger partial charge is 0.267 e. The first-order valence-electron chi connectivity index (χ1n) is 7.35. The summed E-state index contributed by atoms with van der Waals surface area (Å²) in [6.07, 6.45) is 6.98. The van der Waals surface area contributed by atoms with Crippen molar-refractivity contribution in [3.8, 4) is 0 Å². The Bertz CT molecular complexity index is 464. The third kappa shape index (κ3) is 3.36. The average Bonchev–Trinajstić information content (AvgIpc) is 3.04. The van der Waals surface area contributed by atoms with Gasteiger partial charge in [-0.15, -0.1) is 0 Å². The van der Waals surface area contributed by atoms with E-state index in [0.717, 1.165) is 38.6 Å². The summed E-state index contributed by atoms with van der Waals surface area (Å²) in [6, 6.07) is 1.70. The molecule has 1 aliphatic carbocycles. The summed E-state index contributed by atoms with van der Waals surface area (Å²) in [7, 11) is 0. The van der Waals surface area contributed by atoms with Crippen LogP contribution in [0.5, 0.6) is 0 Å². The van der Waals surface area contributed by atoms with Gasteiger partial charge in [0, 0.05) is 24.7 Å². The molecule has 4 nitrogen and oxygen atoms in total. The molecule has 5 heteroatoms. The molecule has 1 heterocycles. The fourth-order valence-electron chi connectivity index (χ4n) is 2.97. The van der Waals surface area contributed by atoms with Crippen molar-refractivity contribution in [2.45, 2.75) is 45.6 Å². The minimum Gasteiger partial charge on any atom is -0.396 e. The molecule has 0 saturated heterocycles. The van der Waals surface area contributed by atoms with Crippen LogP contribution in [0.4, 0.5) is 0 Å². The lowest BCUT2D eigenvalue weighted by Gasteiger charge is -2.26. The van der Waals surface area contributed by atoms with Gasteiger partial charge in [0.05, 0.1) is 11.6 Å². The van der Waals surface area contributed by atoms with Gasteiger partial charge in [0.1, 0.15) is 5.69 Å². The van der Waals surface area contributed by atoms with Crippen molar-refractivity contribution in [2.24, 2.45) is 5.41 Å². The van der Waals surface area contributed by atoms with Crippen molar-refractivity contribution in [1.82, 2.24) is 9.88 Å². The molecule has 0 radical (unpaired) electrons. The number of nitrogens with zero attached hydrogens (tertiary/aromatic N) is 1. The molecule has 20 heavy (non-hydrogen) atoms. The van der Waals surface area contributed by atoms with E-state index in [9.17, 15) is 9.90 Å². The van der Waals surface area contributed by atoms with Gasteiger partial charge in [-0.05, 0) is 25.3 Å². The monoisotopic (exact) mass is 298 g/mol. The summed E-state index contributed by atoms with van der Waals surface area (Å²) in [5.74, 6) is -0.106.